The molecule has 2 aliphatic rings. The smallest absolute Gasteiger partial charge is 0.115 e. The van der Waals surface area contributed by atoms with E-state index in [1.807, 2.05) is 13.0 Å². The van der Waals surface area contributed by atoms with E-state index >= 15 is 0 Å². The normalized spacial score (nSPS) is 35.3. The number of rotatable bonds is 0. The molecule has 23 heavy (non-hydrogen) atoms. The van der Waals surface area contributed by atoms with E-state index in [1.54, 1.807) is 6.07 Å². The van der Waals surface area contributed by atoms with Crippen molar-refractivity contribution in [2.75, 3.05) is 5.75 Å². The van der Waals surface area contributed by atoms with Gasteiger partial charge in [0.2, 0.25) is 0 Å². The number of phenolic OH excluding ortho intramolecular Hbond substituents is 1. The van der Waals surface area contributed by atoms with Crippen LogP contribution < -0.4 is 5.73 Å². The number of hydrogen-bond acceptors (Lipinski definition) is 2. The van der Waals surface area contributed by atoms with Crippen molar-refractivity contribution in [3.63, 3.8) is 0 Å². The highest BCUT2D eigenvalue weighted by atomic mass is 32.2. The zero-order chi connectivity index (χ0) is 16.6. The molecule has 0 radical (unpaired) electrons. The molecule has 0 aromatic heterocycles. The molecule has 128 valence electrons. The molecule has 1 aromatic carbocycles. The quantitative estimate of drug-likeness (QED) is 0.631. The molecule has 1 fully saturated rings. The van der Waals surface area contributed by atoms with E-state index in [2.05, 4.69) is 13.0 Å². The summed E-state index contributed by atoms with van der Waals surface area (Å²) in [5.41, 5.74) is 9.28. The maximum absolute atomic E-state index is 10.3. The fourth-order valence-electron chi connectivity index (χ4n) is 4.48. The molecule has 2 bridgehead atoms. The van der Waals surface area contributed by atoms with Crippen molar-refractivity contribution in [3.8, 4) is 5.75 Å². The van der Waals surface area contributed by atoms with Gasteiger partial charge in [-0.15, -0.1) is 0 Å². The predicted molar refractivity (Wildman–Crippen MR) is 99.8 cm³/mol. The van der Waals surface area contributed by atoms with E-state index in [0.717, 1.165) is 37.9 Å². The van der Waals surface area contributed by atoms with E-state index in [9.17, 15) is 10.2 Å². The molecule has 4 N–H and O–H groups in total. The number of phenols is 1. The van der Waals surface area contributed by atoms with Gasteiger partial charge >= 0.3 is 0 Å². The Morgan fingerprint density at radius 1 is 1.30 bits per heavy atom. The first-order valence-corrected chi connectivity index (χ1v) is 10.2. The minimum Gasteiger partial charge on any atom is -0.508 e. The lowest BCUT2D eigenvalue weighted by Crippen LogP contribution is -2.49. The molecule has 4 atom stereocenters. The third-order valence-corrected chi connectivity index (χ3v) is 8.58. The summed E-state index contributed by atoms with van der Waals surface area (Å²) in [4.78, 5) is 0. The lowest BCUT2D eigenvalue weighted by molar-refractivity contribution is 0.353. The molecule has 1 aliphatic heterocycles. The van der Waals surface area contributed by atoms with Gasteiger partial charge in [-0.05, 0) is 61.6 Å². The predicted octanol–water partition coefficient (Wildman–Crippen LogP) is 3.84. The lowest BCUT2D eigenvalue weighted by atomic mass is 9.70. The number of fused-ring (bicyclic) bond motifs is 4. The van der Waals surface area contributed by atoms with Gasteiger partial charge in [-0.1, -0.05) is 25.8 Å². The molecule has 0 saturated heterocycles. The monoisotopic (exact) mass is 335 g/mol. The highest BCUT2D eigenvalue weighted by molar-refractivity contribution is 8.16. The largest absolute Gasteiger partial charge is 0.508 e. The maximum Gasteiger partial charge on any atom is 0.115 e. The van der Waals surface area contributed by atoms with E-state index in [4.69, 9.17) is 5.73 Å². The zero-order valence-corrected chi connectivity index (χ0v) is 15.0. The van der Waals surface area contributed by atoms with Gasteiger partial charge < -0.3 is 15.9 Å². The second-order valence-electron chi connectivity index (χ2n) is 7.32. The Kier molecular flexibility index (Phi) is 4.86. The molecule has 1 heterocycles. The van der Waals surface area contributed by atoms with Crippen LogP contribution in [0.1, 0.15) is 57.1 Å². The summed E-state index contributed by atoms with van der Waals surface area (Å²) in [7, 11) is -0.119. The summed E-state index contributed by atoms with van der Waals surface area (Å²) >= 11 is 0. The topological polar surface area (TPSA) is 66.5 Å². The first-order chi connectivity index (χ1) is 10.9. The summed E-state index contributed by atoms with van der Waals surface area (Å²) < 4.78 is 0. The SMILES string of the molecule is C/C(O)=S1\CCCc2ccc(O)cc2C2(C)CCCCC1C2N. The van der Waals surface area contributed by atoms with Crippen LogP contribution in [-0.2, 0) is 11.8 Å². The molecular formula is C19H29NO2S. The summed E-state index contributed by atoms with van der Waals surface area (Å²) in [6.45, 7) is 4.13. The van der Waals surface area contributed by atoms with Crippen LogP contribution in [0.3, 0.4) is 0 Å². The van der Waals surface area contributed by atoms with Crippen LogP contribution in [0.4, 0.5) is 0 Å². The number of hydrogen-bond donors (Lipinski definition) is 3. The Bertz CT molecular complexity index is 624. The summed E-state index contributed by atoms with van der Waals surface area (Å²) in [5.74, 6) is 1.36. The second-order valence-corrected chi connectivity index (χ2v) is 9.79. The summed E-state index contributed by atoms with van der Waals surface area (Å²) in [6.07, 6.45) is 6.57. The van der Waals surface area contributed by atoms with Crippen molar-refractivity contribution in [1.29, 1.82) is 0 Å². The van der Waals surface area contributed by atoms with Gasteiger partial charge in [-0.2, -0.15) is 10.5 Å². The molecule has 1 aliphatic carbocycles. The Hall–Kier alpha value is -0.840. The van der Waals surface area contributed by atoms with Gasteiger partial charge in [0.15, 0.2) is 0 Å². The average Bonchev–Trinajstić information content (AvgIpc) is 2.63. The number of aliphatic hydroxyl groups excluding tert-OH is 1. The van der Waals surface area contributed by atoms with Crippen molar-refractivity contribution in [3.05, 3.63) is 29.3 Å². The lowest BCUT2D eigenvalue weighted by Gasteiger charge is -2.40. The standard InChI is InChI=1S/C19H29NO2S/c1-13(21)23-11-5-6-14-8-9-15(22)12-16(14)19(2)10-4-3-7-17(23)18(19)20/h8-9,12,17-18,21-22H,3-7,10-11,20H2,1-2H3. The van der Waals surface area contributed by atoms with Crippen molar-refractivity contribution in [1.82, 2.24) is 0 Å². The van der Waals surface area contributed by atoms with Gasteiger partial charge in [0.25, 0.3) is 0 Å². The Morgan fingerprint density at radius 2 is 2.09 bits per heavy atom. The molecule has 3 rings (SSSR count). The number of aliphatic hydroxyl groups is 1. The van der Waals surface area contributed by atoms with Crippen molar-refractivity contribution in [2.45, 2.75) is 69.1 Å². The third-order valence-electron chi connectivity index (χ3n) is 5.84. The van der Waals surface area contributed by atoms with Crippen LogP contribution in [0.25, 0.3) is 0 Å². The third kappa shape index (κ3) is 3.09. The highest BCUT2D eigenvalue weighted by Gasteiger charge is 2.42. The van der Waals surface area contributed by atoms with Gasteiger partial charge in [-0.25, -0.2) is 0 Å². The summed E-state index contributed by atoms with van der Waals surface area (Å²) in [6, 6.07) is 5.83. The molecule has 1 saturated carbocycles. The molecule has 1 aromatic rings. The first-order valence-electron chi connectivity index (χ1n) is 8.73. The van der Waals surface area contributed by atoms with Gasteiger partial charge in [0.05, 0.1) is 5.05 Å². The van der Waals surface area contributed by atoms with Crippen LogP contribution in [0.2, 0.25) is 0 Å². The van der Waals surface area contributed by atoms with Gasteiger partial charge in [0, 0.05) is 16.7 Å². The molecule has 0 spiro atoms. The number of benzene rings is 1. The van der Waals surface area contributed by atoms with Crippen molar-refractivity contribution >= 4 is 15.5 Å². The number of aromatic hydroxyl groups is 1. The minimum atomic E-state index is -0.125. The molecule has 4 heteroatoms. The molecular weight excluding hydrogens is 306 g/mol. The van der Waals surface area contributed by atoms with Crippen molar-refractivity contribution < 1.29 is 10.2 Å². The zero-order valence-electron chi connectivity index (χ0n) is 14.2. The first kappa shape index (κ1) is 17.0. The van der Waals surface area contributed by atoms with Crippen LogP contribution in [0.15, 0.2) is 18.2 Å². The second kappa shape index (κ2) is 6.58. The van der Waals surface area contributed by atoms with Crippen LogP contribution in [0.5, 0.6) is 5.75 Å². The van der Waals surface area contributed by atoms with Crippen molar-refractivity contribution in [2.24, 2.45) is 5.73 Å². The fourth-order valence-corrected chi connectivity index (χ4v) is 7.08. The Balaban J connectivity index is 2.18. The van der Waals surface area contributed by atoms with Crippen LogP contribution in [0, 0.1) is 0 Å². The van der Waals surface area contributed by atoms with Gasteiger partial charge in [-0.3, -0.25) is 0 Å². The molecule has 0 amide bonds. The maximum atomic E-state index is 10.3. The van der Waals surface area contributed by atoms with E-state index in [1.165, 1.54) is 17.5 Å². The van der Waals surface area contributed by atoms with E-state index < -0.39 is 0 Å². The molecule has 4 unspecified atom stereocenters. The molecule has 3 nitrogen and oxygen atoms in total. The van der Waals surface area contributed by atoms with Crippen LogP contribution in [-0.4, -0.2) is 32.3 Å². The minimum absolute atomic E-state index is 0.0223. The number of aryl methyl sites for hydroxylation is 1. The fraction of sp³-hybridized carbons (Fsp3) is 0.632. The van der Waals surface area contributed by atoms with Crippen LogP contribution >= 0.6 is 10.5 Å². The van der Waals surface area contributed by atoms with Gasteiger partial charge in [0.1, 0.15) is 5.75 Å². The Morgan fingerprint density at radius 3 is 2.83 bits per heavy atom. The van der Waals surface area contributed by atoms with E-state index in [-0.39, 0.29) is 21.9 Å². The average molecular weight is 336 g/mol. The Labute approximate surface area is 141 Å². The number of nitrogens with two attached hydrogens (primary N) is 1. The summed E-state index contributed by atoms with van der Waals surface area (Å²) in [5, 5.41) is 21.3. The highest BCUT2D eigenvalue weighted by Crippen LogP contribution is 2.46. The van der Waals surface area contributed by atoms with E-state index in [0.29, 0.717) is 16.1 Å².